The average Bonchev–Trinajstić information content (AvgIpc) is 2.25. The molecule has 0 aliphatic heterocycles. The summed E-state index contributed by atoms with van der Waals surface area (Å²) in [7, 11) is 0. The van der Waals surface area contributed by atoms with Gasteiger partial charge in [-0.25, -0.2) is 4.98 Å². The van der Waals surface area contributed by atoms with E-state index in [0.29, 0.717) is 10.8 Å². The first kappa shape index (κ1) is 15.3. The lowest BCUT2D eigenvalue weighted by molar-refractivity contribution is -0.137. The van der Waals surface area contributed by atoms with Crippen LogP contribution in [0.15, 0.2) is 23.4 Å². The molecule has 1 unspecified atom stereocenters. The third-order valence-corrected chi connectivity index (χ3v) is 4.09. The van der Waals surface area contributed by atoms with Gasteiger partial charge in [0.05, 0.1) is 16.2 Å². The number of rotatable bonds is 4. The van der Waals surface area contributed by atoms with Gasteiger partial charge in [-0.3, -0.25) is 0 Å². The van der Waals surface area contributed by atoms with E-state index in [1.54, 1.807) is 6.92 Å². The summed E-state index contributed by atoms with van der Waals surface area (Å²) in [5, 5.41) is 10.5. The van der Waals surface area contributed by atoms with Gasteiger partial charge in [0.2, 0.25) is 0 Å². The van der Waals surface area contributed by atoms with Crippen LogP contribution in [0.1, 0.15) is 26.3 Å². The molecule has 1 aromatic rings. The second kappa shape index (κ2) is 5.48. The molecule has 1 heterocycles. The van der Waals surface area contributed by atoms with Crippen LogP contribution in [0.5, 0.6) is 0 Å². The Morgan fingerprint density at radius 2 is 1.94 bits per heavy atom. The lowest BCUT2D eigenvalue weighted by Crippen LogP contribution is -2.33. The summed E-state index contributed by atoms with van der Waals surface area (Å²) in [6.45, 7) is 5.48. The van der Waals surface area contributed by atoms with E-state index in [1.807, 2.05) is 13.8 Å². The Morgan fingerprint density at radius 1 is 1.33 bits per heavy atom. The van der Waals surface area contributed by atoms with Crippen LogP contribution in [-0.2, 0) is 6.18 Å². The number of aromatic nitrogens is 1. The third kappa shape index (κ3) is 4.17. The number of halogens is 3. The van der Waals surface area contributed by atoms with Gasteiger partial charge in [-0.15, -0.1) is 11.8 Å². The highest BCUT2D eigenvalue weighted by Gasteiger charge is 2.31. The van der Waals surface area contributed by atoms with Gasteiger partial charge in [0.1, 0.15) is 0 Å². The minimum absolute atomic E-state index is 0.0689. The SMILES string of the molecule is CC(C)C(C)(O)CSc1ccc(C(F)(F)F)cn1. The fourth-order valence-electron chi connectivity index (χ4n) is 1.02. The lowest BCUT2D eigenvalue weighted by atomic mass is 9.95. The Labute approximate surface area is 109 Å². The summed E-state index contributed by atoms with van der Waals surface area (Å²) in [5.41, 5.74) is -1.63. The number of nitrogens with zero attached hydrogens (tertiary/aromatic N) is 1. The Kier molecular flexibility index (Phi) is 4.66. The van der Waals surface area contributed by atoms with Crippen molar-refractivity contribution in [2.45, 2.75) is 37.6 Å². The second-order valence-electron chi connectivity index (χ2n) is 4.68. The van der Waals surface area contributed by atoms with Crippen LogP contribution in [0.2, 0.25) is 0 Å². The molecule has 0 saturated heterocycles. The van der Waals surface area contributed by atoms with E-state index in [-0.39, 0.29) is 5.92 Å². The molecule has 0 amide bonds. The van der Waals surface area contributed by atoms with Crippen LogP contribution in [0.4, 0.5) is 13.2 Å². The van der Waals surface area contributed by atoms with Gasteiger partial charge < -0.3 is 5.11 Å². The zero-order chi connectivity index (χ0) is 14.0. The molecule has 18 heavy (non-hydrogen) atoms. The van der Waals surface area contributed by atoms with Crippen molar-refractivity contribution in [2.75, 3.05) is 5.75 Å². The first-order valence-corrected chi connectivity index (χ1v) is 6.50. The van der Waals surface area contributed by atoms with Crippen LogP contribution in [0.3, 0.4) is 0 Å². The highest BCUT2D eigenvalue weighted by molar-refractivity contribution is 7.99. The number of hydrogen-bond acceptors (Lipinski definition) is 3. The summed E-state index contributed by atoms with van der Waals surface area (Å²) in [6.07, 6.45) is -3.55. The molecular formula is C12H16F3NOS. The highest BCUT2D eigenvalue weighted by atomic mass is 32.2. The molecule has 2 nitrogen and oxygen atoms in total. The summed E-state index contributed by atoms with van der Waals surface area (Å²) in [4.78, 5) is 3.74. The van der Waals surface area contributed by atoms with Crippen LogP contribution in [0.25, 0.3) is 0 Å². The molecule has 0 aliphatic rings. The maximum Gasteiger partial charge on any atom is 0.417 e. The lowest BCUT2D eigenvalue weighted by Gasteiger charge is -2.26. The van der Waals surface area contributed by atoms with Crippen LogP contribution in [0, 0.1) is 5.92 Å². The van der Waals surface area contributed by atoms with E-state index in [2.05, 4.69) is 4.98 Å². The van der Waals surface area contributed by atoms with E-state index < -0.39 is 17.3 Å². The average molecular weight is 279 g/mol. The molecule has 0 bridgehead atoms. The molecule has 1 N–H and O–H groups in total. The van der Waals surface area contributed by atoms with E-state index in [0.717, 1.165) is 12.3 Å². The Morgan fingerprint density at radius 3 is 2.33 bits per heavy atom. The second-order valence-corrected chi connectivity index (χ2v) is 5.68. The molecule has 0 radical (unpaired) electrons. The maximum atomic E-state index is 12.3. The fraction of sp³-hybridized carbons (Fsp3) is 0.583. The zero-order valence-corrected chi connectivity index (χ0v) is 11.3. The molecule has 0 aromatic carbocycles. The van der Waals surface area contributed by atoms with Gasteiger partial charge >= 0.3 is 6.18 Å². The van der Waals surface area contributed by atoms with Gasteiger partial charge in [0, 0.05) is 11.9 Å². The van der Waals surface area contributed by atoms with Crippen molar-refractivity contribution in [2.24, 2.45) is 5.92 Å². The van der Waals surface area contributed by atoms with Crippen molar-refractivity contribution >= 4 is 11.8 Å². The van der Waals surface area contributed by atoms with E-state index in [4.69, 9.17) is 0 Å². The quantitative estimate of drug-likeness (QED) is 0.855. The molecule has 0 fully saturated rings. The largest absolute Gasteiger partial charge is 0.417 e. The monoisotopic (exact) mass is 279 g/mol. The van der Waals surface area contributed by atoms with Crippen molar-refractivity contribution in [3.63, 3.8) is 0 Å². The molecule has 1 rings (SSSR count). The van der Waals surface area contributed by atoms with E-state index in [9.17, 15) is 18.3 Å². The van der Waals surface area contributed by atoms with Crippen LogP contribution >= 0.6 is 11.8 Å². The van der Waals surface area contributed by atoms with Crippen molar-refractivity contribution in [1.82, 2.24) is 4.98 Å². The Bertz CT molecular complexity index is 387. The number of alkyl halides is 3. The molecule has 1 atom stereocenters. The first-order chi connectivity index (χ1) is 8.13. The Balaban J connectivity index is 2.65. The number of aliphatic hydroxyl groups is 1. The molecule has 6 heteroatoms. The smallest absolute Gasteiger partial charge is 0.389 e. The number of hydrogen-bond donors (Lipinski definition) is 1. The van der Waals surface area contributed by atoms with Gasteiger partial charge in [0.25, 0.3) is 0 Å². The van der Waals surface area contributed by atoms with Crippen molar-refractivity contribution in [1.29, 1.82) is 0 Å². The van der Waals surface area contributed by atoms with E-state index >= 15 is 0 Å². The van der Waals surface area contributed by atoms with Crippen molar-refractivity contribution in [3.05, 3.63) is 23.9 Å². The molecule has 0 saturated carbocycles. The molecule has 0 aliphatic carbocycles. The van der Waals surface area contributed by atoms with Gasteiger partial charge in [0.15, 0.2) is 0 Å². The maximum absolute atomic E-state index is 12.3. The molecule has 0 spiro atoms. The minimum Gasteiger partial charge on any atom is -0.389 e. The normalized spacial score (nSPS) is 15.8. The molecule has 102 valence electrons. The predicted octanol–water partition coefficient (Wildman–Crippen LogP) is 3.60. The summed E-state index contributed by atoms with van der Waals surface area (Å²) in [6, 6.07) is 2.32. The van der Waals surface area contributed by atoms with Crippen molar-refractivity contribution < 1.29 is 18.3 Å². The molecular weight excluding hydrogens is 263 g/mol. The topological polar surface area (TPSA) is 33.1 Å². The van der Waals surface area contributed by atoms with Gasteiger partial charge in [-0.05, 0) is 25.0 Å². The highest BCUT2D eigenvalue weighted by Crippen LogP contribution is 2.30. The van der Waals surface area contributed by atoms with Gasteiger partial charge in [-0.1, -0.05) is 13.8 Å². The minimum atomic E-state index is -4.36. The summed E-state index contributed by atoms with van der Waals surface area (Å²) >= 11 is 1.25. The number of pyridine rings is 1. The van der Waals surface area contributed by atoms with Crippen LogP contribution < -0.4 is 0 Å². The van der Waals surface area contributed by atoms with Crippen molar-refractivity contribution in [3.8, 4) is 0 Å². The summed E-state index contributed by atoms with van der Waals surface area (Å²) in [5.74, 6) is 0.461. The third-order valence-electron chi connectivity index (χ3n) is 2.82. The predicted molar refractivity (Wildman–Crippen MR) is 65.4 cm³/mol. The summed E-state index contributed by atoms with van der Waals surface area (Å²) < 4.78 is 36.9. The fourth-order valence-corrected chi connectivity index (χ4v) is 2.09. The van der Waals surface area contributed by atoms with E-state index in [1.165, 1.54) is 17.8 Å². The number of thioether (sulfide) groups is 1. The van der Waals surface area contributed by atoms with Gasteiger partial charge in [-0.2, -0.15) is 13.2 Å². The van der Waals surface area contributed by atoms with Crippen LogP contribution in [-0.4, -0.2) is 21.4 Å². The Hall–Kier alpha value is -0.750. The first-order valence-electron chi connectivity index (χ1n) is 5.51. The zero-order valence-electron chi connectivity index (χ0n) is 10.5. The molecule has 1 aromatic heterocycles. The standard InChI is InChI=1S/C12H16F3NOS/c1-8(2)11(3,17)7-18-10-5-4-9(6-16-10)12(13,14)15/h4-6,8,17H,7H2,1-3H3.